The third-order valence-corrected chi connectivity index (χ3v) is 5.60. The molecule has 1 N–H and O–H groups in total. The van der Waals surface area contributed by atoms with Crippen LogP contribution in [0.3, 0.4) is 0 Å². The zero-order chi connectivity index (χ0) is 20.9. The Labute approximate surface area is 167 Å². The normalized spacial score (nSPS) is 12.3. The van der Waals surface area contributed by atoms with Crippen LogP contribution in [0.25, 0.3) is 0 Å². The van der Waals surface area contributed by atoms with Crippen molar-refractivity contribution in [3.63, 3.8) is 0 Å². The minimum absolute atomic E-state index is 0.309. The van der Waals surface area contributed by atoms with Gasteiger partial charge in [-0.1, -0.05) is 25.1 Å². The number of carbonyl (C=O) groups is 1. The zero-order valence-electron chi connectivity index (χ0n) is 17.0. The summed E-state index contributed by atoms with van der Waals surface area (Å²) in [5, 5.41) is 2.85. The van der Waals surface area contributed by atoms with Crippen molar-refractivity contribution in [3.8, 4) is 5.75 Å². The maximum Gasteiger partial charge on any atom is 0.244 e. The molecule has 0 radical (unpaired) electrons. The van der Waals surface area contributed by atoms with Crippen molar-refractivity contribution >= 4 is 21.6 Å². The van der Waals surface area contributed by atoms with Crippen LogP contribution < -0.4 is 14.4 Å². The summed E-state index contributed by atoms with van der Waals surface area (Å²) in [4.78, 5) is 12.9. The molecule has 0 aliphatic rings. The number of carbonyl (C=O) groups excluding carboxylic acids is 1. The Morgan fingerprint density at radius 3 is 2.14 bits per heavy atom. The van der Waals surface area contributed by atoms with E-state index in [-0.39, 0.29) is 5.91 Å². The summed E-state index contributed by atoms with van der Waals surface area (Å²) in [6.07, 6.45) is 1.48. The third-order valence-electron chi connectivity index (χ3n) is 4.42. The van der Waals surface area contributed by atoms with Gasteiger partial charge in [0.25, 0.3) is 0 Å². The van der Waals surface area contributed by atoms with Crippen molar-refractivity contribution in [1.82, 2.24) is 5.32 Å². The van der Waals surface area contributed by atoms with Gasteiger partial charge in [-0.25, -0.2) is 8.42 Å². The van der Waals surface area contributed by atoms with Crippen molar-refractivity contribution in [2.75, 3.05) is 17.7 Å². The molecule has 2 rings (SSSR count). The first kappa shape index (κ1) is 21.8. The van der Waals surface area contributed by atoms with Crippen LogP contribution in [0.1, 0.15) is 30.0 Å². The molecule has 7 heteroatoms. The van der Waals surface area contributed by atoms with Gasteiger partial charge in [-0.15, -0.1) is 0 Å². The lowest BCUT2D eigenvalue weighted by atomic mass is 10.1. The quantitative estimate of drug-likeness (QED) is 0.733. The molecule has 28 heavy (non-hydrogen) atoms. The Hall–Kier alpha value is -2.54. The standard InChI is InChI=1S/C21H28N2O4S/c1-6-20(21(24)22-14-17-7-9-19(27-4)10-8-17)23(28(5,25)26)18-12-15(2)11-16(3)13-18/h7-13,20H,6,14H2,1-5H3,(H,22,24)/t20-/m1/s1. The number of benzene rings is 2. The second-order valence-corrected chi connectivity index (χ2v) is 8.75. The second-order valence-electron chi connectivity index (χ2n) is 6.89. The van der Waals surface area contributed by atoms with Crippen molar-refractivity contribution in [2.24, 2.45) is 0 Å². The number of nitrogens with one attached hydrogen (secondary N) is 1. The molecule has 2 aromatic carbocycles. The number of amides is 1. The maximum atomic E-state index is 12.9. The van der Waals surface area contributed by atoms with E-state index in [4.69, 9.17) is 4.74 Å². The molecule has 0 aliphatic heterocycles. The summed E-state index contributed by atoms with van der Waals surface area (Å²) in [5.41, 5.74) is 3.29. The van der Waals surface area contributed by atoms with Crippen LogP contribution in [-0.2, 0) is 21.4 Å². The average molecular weight is 405 g/mol. The molecule has 0 saturated heterocycles. The topological polar surface area (TPSA) is 75.7 Å². The number of ether oxygens (including phenoxy) is 1. The molecular weight excluding hydrogens is 376 g/mol. The zero-order valence-corrected chi connectivity index (χ0v) is 17.8. The van der Waals surface area contributed by atoms with E-state index in [1.54, 1.807) is 26.2 Å². The van der Waals surface area contributed by atoms with Crippen LogP contribution in [0.2, 0.25) is 0 Å². The van der Waals surface area contributed by atoms with E-state index in [9.17, 15) is 13.2 Å². The Morgan fingerprint density at radius 1 is 1.11 bits per heavy atom. The molecule has 0 bridgehead atoms. The number of hydrogen-bond acceptors (Lipinski definition) is 4. The van der Waals surface area contributed by atoms with Gasteiger partial charge in [-0.3, -0.25) is 9.10 Å². The number of nitrogens with zero attached hydrogens (tertiary/aromatic N) is 1. The molecule has 0 spiro atoms. The maximum absolute atomic E-state index is 12.9. The van der Waals surface area contributed by atoms with Crippen LogP contribution in [0.5, 0.6) is 5.75 Å². The van der Waals surface area contributed by atoms with E-state index in [1.807, 2.05) is 44.2 Å². The SMILES string of the molecule is CC[C@H](C(=O)NCc1ccc(OC)cc1)N(c1cc(C)cc(C)c1)S(C)(=O)=O. The lowest BCUT2D eigenvalue weighted by Crippen LogP contribution is -2.49. The van der Waals surface area contributed by atoms with Crippen LogP contribution in [0.4, 0.5) is 5.69 Å². The fourth-order valence-electron chi connectivity index (χ4n) is 3.19. The van der Waals surface area contributed by atoms with Crippen molar-refractivity contribution in [3.05, 3.63) is 59.2 Å². The summed E-state index contributed by atoms with van der Waals surface area (Å²) >= 11 is 0. The first-order valence-electron chi connectivity index (χ1n) is 9.14. The number of anilines is 1. The molecule has 0 fully saturated rings. The number of sulfonamides is 1. The Kier molecular flexibility index (Phi) is 7.07. The Balaban J connectivity index is 2.25. The van der Waals surface area contributed by atoms with Gasteiger partial charge in [0, 0.05) is 6.54 Å². The van der Waals surface area contributed by atoms with E-state index in [2.05, 4.69) is 5.32 Å². The molecular formula is C21H28N2O4S. The van der Waals surface area contributed by atoms with Crippen molar-refractivity contribution in [1.29, 1.82) is 0 Å². The van der Waals surface area contributed by atoms with Gasteiger partial charge in [0.1, 0.15) is 11.8 Å². The average Bonchev–Trinajstić information content (AvgIpc) is 2.62. The van der Waals surface area contributed by atoms with Crippen LogP contribution in [0, 0.1) is 13.8 Å². The van der Waals surface area contributed by atoms with Crippen molar-refractivity contribution < 1.29 is 17.9 Å². The molecule has 0 aromatic heterocycles. The molecule has 1 atom stereocenters. The highest BCUT2D eigenvalue weighted by molar-refractivity contribution is 7.92. The number of methoxy groups -OCH3 is 1. The molecule has 152 valence electrons. The minimum atomic E-state index is -3.64. The Bertz CT molecular complexity index is 904. The summed E-state index contributed by atoms with van der Waals surface area (Å²) in [5.74, 6) is 0.405. The summed E-state index contributed by atoms with van der Waals surface area (Å²) < 4.78 is 31.4. The minimum Gasteiger partial charge on any atom is -0.497 e. The first-order chi connectivity index (χ1) is 13.2. The summed E-state index contributed by atoms with van der Waals surface area (Å²) in [6, 6.07) is 12.1. The monoisotopic (exact) mass is 404 g/mol. The van der Waals surface area contributed by atoms with E-state index in [0.717, 1.165) is 28.7 Å². The van der Waals surface area contributed by atoms with Gasteiger partial charge < -0.3 is 10.1 Å². The van der Waals surface area contributed by atoms with Crippen LogP contribution in [0.15, 0.2) is 42.5 Å². The number of hydrogen-bond donors (Lipinski definition) is 1. The fraction of sp³-hybridized carbons (Fsp3) is 0.381. The molecule has 2 aromatic rings. The van der Waals surface area contributed by atoms with E-state index in [0.29, 0.717) is 18.7 Å². The third kappa shape index (κ3) is 5.48. The molecule has 0 saturated carbocycles. The first-order valence-corrected chi connectivity index (χ1v) is 11.0. The van der Waals surface area contributed by atoms with Gasteiger partial charge in [0.15, 0.2) is 0 Å². The highest BCUT2D eigenvalue weighted by atomic mass is 32.2. The molecule has 0 heterocycles. The molecule has 6 nitrogen and oxygen atoms in total. The Morgan fingerprint density at radius 2 is 1.68 bits per heavy atom. The van der Waals surface area contributed by atoms with Gasteiger partial charge in [-0.05, 0) is 61.2 Å². The summed E-state index contributed by atoms with van der Waals surface area (Å²) in [7, 11) is -2.05. The number of rotatable bonds is 8. The predicted octanol–water partition coefficient (Wildman–Crippen LogP) is 3.17. The van der Waals surface area contributed by atoms with Gasteiger partial charge in [0.2, 0.25) is 15.9 Å². The lowest BCUT2D eigenvalue weighted by molar-refractivity contribution is -0.122. The molecule has 0 unspecified atom stereocenters. The fourth-order valence-corrected chi connectivity index (χ4v) is 4.38. The highest BCUT2D eigenvalue weighted by Crippen LogP contribution is 2.25. The van der Waals surface area contributed by atoms with Gasteiger partial charge in [0.05, 0.1) is 19.1 Å². The number of aryl methyl sites for hydroxylation is 2. The van der Waals surface area contributed by atoms with E-state index in [1.165, 1.54) is 4.31 Å². The van der Waals surface area contributed by atoms with Gasteiger partial charge >= 0.3 is 0 Å². The highest BCUT2D eigenvalue weighted by Gasteiger charge is 2.31. The van der Waals surface area contributed by atoms with Crippen LogP contribution in [-0.4, -0.2) is 33.7 Å². The van der Waals surface area contributed by atoms with Crippen molar-refractivity contribution in [2.45, 2.75) is 39.8 Å². The molecule has 1 amide bonds. The second kappa shape index (κ2) is 9.10. The van der Waals surface area contributed by atoms with E-state index < -0.39 is 16.1 Å². The largest absolute Gasteiger partial charge is 0.497 e. The smallest absolute Gasteiger partial charge is 0.244 e. The van der Waals surface area contributed by atoms with Crippen LogP contribution >= 0.6 is 0 Å². The van der Waals surface area contributed by atoms with Gasteiger partial charge in [-0.2, -0.15) is 0 Å². The summed E-state index contributed by atoms with van der Waals surface area (Å²) in [6.45, 7) is 5.92. The van der Waals surface area contributed by atoms with E-state index >= 15 is 0 Å². The lowest BCUT2D eigenvalue weighted by Gasteiger charge is -2.30. The molecule has 0 aliphatic carbocycles. The predicted molar refractivity (Wildman–Crippen MR) is 112 cm³/mol.